The maximum absolute atomic E-state index is 12.2. The Hall–Kier alpha value is -3.15. The molecule has 3 rings (SSSR count). The van der Waals surface area contributed by atoms with Gasteiger partial charge in [0.25, 0.3) is 11.8 Å². The smallest absolute Gasteiger partial charge is 0.363 e. The number of fused-ring (bicyclic) bond motifs is 1. The van der Waals surface area contributed by atoms with Gasteiger partial charge in [-0.05, 0) is 42.3 Å². The summed E-state index contributed by atoms with van der Waals surface area (Å²) in [6, 6.07) is 12.7. The summed E-state index contributed by atoms with van der Waals surface area (Å²) in [6.07, 6.45) is 0. The number of rotatable bonds is 5. The molecule has 1 aliphatic rings. The fraction of sp³-hybridized carbons (Fsp3) is 0.211. The average molecular weight is 339 g/mol. The van der Waals surface area contributed by atoms with Crippen LogP contribution in [0.4, 0.5) is 0 Å². The lowest BCUT2D eigenvalue weighted by Gasteiger charge is -2.13. The molecule has 0 atom stereocenters. The van der Waals surface area contributed by atoms with E-state index < -0.39 is 17.8 Å². The van der Waals surface area contributed by atoms with E-state index in [9.17, 15) is 14.4 Å². The lowest BCUT2D eigenvalue weighted by Crippen LogP contribution is -2.32. The molecule has 0 N–H and O–H groups in total. The minimum Gasteiger partial charge on any atom is -0.493 e. The standard InChI is InChI=1S/C19H17NO5/c1-12(2)11-24-14-9-7-13(8-10-14)19(23)25-20-17(21)15-5-3-4-6-16(15)18(20)22/h3-10,12H,11H2,1-2H3. The van der Waals surface area contributed by atoms with Crippen LogP contribution in [0.15, 0.2) is 48.5 Å². The van der Waals surface area contributed by atoms with Crippen LogP contribution in [0.5, 0.6) is 5.75 Å². The Morgan fingerprint density at radius 2 is 1.52 bits per heavy atom. The van der Waals surface area contributed by atoms with Crippen LogP contribution in [-0.2, 0) is 4.84 Å². The zero-order valence-electron chi connectivity index (χ0n) is 13.9. The Kier molecular flexibility index (Phi) is 4.52. The van der Waals surface area contributed by atoms with E-state index in [0.717, 1.165) is 0 Å². The Balaban J connectivity index is 1.69. The highest BCUT2D eigenvalue weighted by molar-refractivity contribution is 6.21. The van der Waals surface area contributed by atoms with Crippen LogP contribution in [0.3, 0.4) is 0 Å². The molecule has 6 nitrogen and oxygen atoms in total. The van der Waals surface area contributed by atoms with Gasteiger partial charge in [0.1, 0.15) is 5.75 Å². The number of hydrogen-bond donors (Lipinski definition) is 0. The summed E-state index contributed by atoms with van der Waals surface area (Å²) in [7, 11) is 0. The summed E-state index contributed by atoms with van der Waals surface area (Å²) in [5.74, 6) is -1.06. The number of hydrogen-bond acceptors (Lipinski definition) is 5. The molecule has 0 saturated heterocycles. The van der Waals surface area contributed by atoms with Gasteiger partial charge in [-0.25, -0.2) is 4.79 Å². The quantitative estimate of drug-likeness (QED) is 0.783. The SMILES string of the molecule is CC(C)COc1ccc(C(=O)ON2C(=O)c3ccccc3C2=O)cc1. The second-order valence-corrected chi connectivity index (χ2v) is 6.06. The van der Waals surface area contributed by atoms with Crippen LogP contribution >= 0.6 is 0 Å². The molecule has 1 heterocycles. The number of nitrogens with zero attached hydrogens (tertiary/aromatic N) is 1. The van der Waals surface area contributed by atoms with Gasteiger partial charge in [0, 0.05) is 0 Å². The monoisotopic (exact) mass is 339 g/mol. The maximum Gasteiger partial charge on any atom is 0.363 e. The van der Waals surface area contributed by atoms with Crippen LogP contribution < -0.4 is 4.74 Å². The third kappa shape index (κ3) is 3.38. The number of ether oxygens (including phenoxy) is 1. The summed E-state index contributed by atoms with van der Waals surface area (Å²) in [6.45, 7) is 4.64. The van der Waals surface area contributed by atoms with Crippen molar-refractivity contribution in [2.75, 3.05) is 6.61 Å². The first-order chi connectivity index (χ1) is 12.0. The average Bonchev–Trinajstić information content (AvgIpc) is 2.85. The molecule has 0 saturated carbocycles. The first-order valence-electron chi connectivity index (χ1n) is 7.90. The van der Waals surface area contributed by atoms with Gasteiger partial charge >= 0.3 is 5.97 Å². The number of benzene rings is 2. The number of imide groups is 1. The molecule has 0 fully saturated rings. The lowest BCUT2D eigenvalue weighted by atomic mass is 10.1. The predicted octanol–water partition coefficient (Wildman–Crippen LogP) is 3.09. The second-order valence-electron chi connectivity index (χ2n) is 6.06. The highest BCUT2D eigenvalue weighted by Crippen LogP contribution is 2.23. The summed E-state index contributed by atoms with van der Waals surface area (Å²) in [5, 5.41) is 0.496. The molecule has 2 aromatic rings. The van der Waals surface area contributed by atoms with E-state index in [0.29, 0.717) is 23.3 Å². The van der Waals surface area contributed by atoms with Crippen molar-refractivity contribution in [2.24, 2.45) is 5.92 Å². The van der Waals surface area contributed by atoms with Gasteiger partial charge in [0.05, 0.1) is 23.3 Å². The van der Waals surface area contributed by atoms with Gasteiger partial charge in [-0.3, -0.25) is 9.59 Å². The largest absolute Gasteiger partial charge is 0.493 e. The molecule has 0 spiro atoms. The number of amides is 2. The van der Waals surface area contributed by atoms with Crippen molar-refractivity contribution in [3.05, 3.63) is 65.2 Å². The van der Waals surface area contributed by atoms with Crippen molar-refractivity contribution in [1.82, 2.24) is 5.06 Å². The van der Waals surface area contributed by atoms with Gasteiger partial charge in [0.15, 0.2) is 0 Å². The van der Waals surface area contributed by atoms with Crippen molar-refractivity contribution >= 4 is 17.8 Å². The van der Waals surface area contributed by atoms with Crippen LogP contribution in [-0.4, -0.2) is 29.5 Å². The summed E-state index contributed by atoms with van der Waals surface area (Å²) < 4.78 is 5.54. The fourth-order valence-corrected chi connectivity index (χ4v) is 2.34. The van der Waals surface area contributed by atoms with Crippen molar-refractivity contribution in [1.29, 1.82) is 0 Å². The lowest BCUT2D eigenvalue weighted by molar-refractivity contribution is -0.0584. The summed E-state index contributed by atoms with van der Waals surface area (Å²) in [4.78, 5) is 41.6. The highest BCUT2D eigenvalue weighted by Gasteiger charge is 2.38. The van der Waals surface area contributed by atoms with Crippen LogP contribution in [0.2, 0.25) is 0 Å². The third-order valence-electron chi connectivity index (χ3n) is 3.60. The van der Waals surface area contributed by atoms with E-state index in [4.69, 9.17) is 9.57 Å². The summed E-state index contributed by atoms with van der Waals surface area (Å²) >= 11 is 0. The van der Waals surface area contributed by atoms with Gasteiger partial charge in [0.2, 0.25) is 0 Å². The van der Waals surface area contributed by atoms with Crippen molar-refractivity contribution in [2.45, 2.75) is 13.8 Å². The van der Waals surface area contributed by atoms with Gasteiger partial charge in [-0.2, -0.15) is 0 Å². The van der Waals surface area contributed by atoms with Crippen molar-refractivity contribution in [3.63, 3.8) is 0 Å². The molecule has 25 heavy (non-hydrogen) atoms. The van der Waals surface area contributed by atoms with E-state index in [1.165, 1.54) is 24.3 Å². The normalized spacial score (nSPS) is 13.2. The molecule has 0 bridgehead atoms. The molecule has 1 aliphatic heterocycles. The van der Waals surface area contributed by atoms with Crippen LogP contribution in [0.25, 0.3) is 0 Å². The van der Waals surface area contributed by atoms with Crippen LogP contribution in [0, 0.1) is 5.92 Å². The van der Waals surface area contributed by atoms with E-state index in [1.54, 1.807) is 24.3 Å². The molecule has 2 amide bonds. The van der Waals surface area contributed by atoms with E-state index >= 15 is 0 Å². The topological polar surface area (TPSA) is 72.9 Å². The van der Waals surface area contributed by atoms with Gasteiger partial charge in [-0.1, -0.05) is 31.0 Å². The first-order valence-corrected chi connectivity index (χ1v) is 7.90. The zero-order chi connectivity index (χ0) is 18.0. The summed E-state index contributed by atoms with van der Waals surface area (Å²) in [5.41, 5.74) is 0.656. The zero-order valence-corrected chi connectivity index (χ0v) is 13.9. The molecule has 2 aromatic carbocycles. The molecular formula is C19H17NO5. The Morgan fingerprint density at radius 3 is 2.04 bits per heavy atom. The first kappa shape index (κ1) is 16.7. The molecule has 0 aliphatic carbocycles. The van der Waals surface area contributed by atoms with Gasteiger partial charge in [-0.15, -0.1) is 0 Å². The molecule has 128 valence electrons. The van der Waals surface area contributed by atoms with E-state index in [1.807, 2.05) is 13.8 Å². The second kappa shape index (κ2) is 6.76. The number of carbonyl (C=O) groups is 3. The minimum atomic E-state index is -0.787. The van der Waals surface area contributed by atoms with Crippen molar-refractivity contribution < 1.29 is 24.0 Å². The molecular weight excluding hydrogens is 322 g/mol. The number of carbonyl (C=O) groups excluding carboxylic acids is 3. The maximum atomic E-state index is 12.2. The third-order valence-corrected chi connectivity index (χ3v) is 3.60. The van der Waals surface area contributed by atoms with Crippen LogP contribution in [0.1, 0.15) is 44.9 Å². The predicted molar refractivity (Wildman–Crippen MR) is 89.1 cm³/mol. The number of hydroxylamine groups is 2. The van der Waals surface area contributed by atoms with E-state index in [2.05, 4.69) is 0 Å². The minimum absolute atomic E-state index is 0.216. The Labute approximate surface area is 144 Å². The highest BCUT2D eigenvalue weighted by atomic mass is 16.7. The Bertz CT molecular complexity index is 791. The van der Waals surface area contributed by atoms with Gasteiger partial charge < -0.3 is 9.57 Å². The molecule has 0 unspecified atom stereocenters. The molecule has 0 aromatic heterocycles. The molecule has 0 radical (unpaired) electrons. The fourth-order valence-electron chi connectivity index (χ4n) is 2.34. The Morgan fingerprint density at radius 1 is 0.960 bits per heavy atom. The molecule has 6 heteroatoms. The van der Waals surface area contributed by atoms with E-state index in [-0.39, 0.29) is 16.7 Å². The van der Waals surface area contributed by atoms with Crippen molar-refractivity contribution in [3.8, 4) is 5.75 Å².